The standard InChI is InChI=1S/C21H24ClN3O2S/c22-17-4-1-5-18(13-17)25-14-16(12-20(25)26)21(27)24-8-3-7-23(9-10-24)15-19-6-2-11-28-19/h1-2,4-6,11,13,16H,3,7-10,12,14-15H2. The van der Waals surface area contributed by atoms with Crippen molar-refractivity contribution in [2.75, 3.05) is 37.6 Å². The number of amides is 2. The first-order valence-corrected chi connectivity index (χ1v) is 11.0. The number of hydrogen-bond acceptors (Lipinski definition) is 4. The molecule has 0 aliphatic carbocycles. The maximum Gasteiger partial charge on any atom is 0.228 e. The monoisotopic (exact) mass is 417 g/mol. The van der Waals surface area contributed by atoms with Gasteiger partial charge in [0, 0.05) is 61.3 Å². The Balaban J connectivity index is 1.36. The molecule has 2 aliphatic rings. The minimum Gasteiger partial charge on any atom is -0.341 e. The van der Waals surface area contributed by atoms with Crippen molar-refractivity contribution >= 4 is 40.4 Å². The molecule has 2 saturated heterocycles. The largest absolute Gasteiger partial charge is 0.341 e. The van der Waals surface area contributed by atoms with Gasteiger partial charge in [-0.05, 0) is 36.1 Å². The first-order chi connectivity index (χ1) is 13.6. The molecule has 7 heteroatoms. The maximum atomic E-state index is 13.1. The van der Waals surface area contributed by atoms with E-state index < -0.39 is 0 Å². The Labute approximate surface area is 174 Å². The molecule has 1 aromatic heterocycles. The van der Waals surface area contributed by atoms with Gasteiger partial charge in [-0.25, -0.2) is 0 Å². The molecule has 28 heavy (non-hydrogen) atoms. The van der Waals surface area contributed by atoms with E-state index in [9.17, 15) is 9.59 Å². The van der Waals surface area contributed by atoms with Crippen molar-refractivity contribution in [1.82, 2.24) is 9.80 Å². The average Bonchev–Trinajstić information content (AvgIpc) is 3.26. The lowest BCUT2D eigenvalue weighted by Gasteiger charge is -2.24. The molecular formula is C21H24ClN3O2S. The molecule has 0 radical (unpaired) electrons. The predicted molar refractivity (Wildman–Crippen MR) is 113 cm³/mol. The van der Waals surface area contributed by atoms with E-state index in [4.69, 9.17) is 11.6 Å². The fourth-order valence-corrected chi connectivity index (χ4v) is 4.93. The Morgan fingerprint density at radius 3 is 2.82 bits per heavy atom. The normalized spacial score (nSPS) is 21.2. The number of carbonyl (C=O) groups excluding carboxylic acids is 2. The van der Waals surface area contributed by atoms with Crippen molar-refractivity contribution in [3.63, 3.8) is 0 Å². The van der Waals surface area contributed by atoms with Crippen molar-refractivity contribution in [3.8, 4) is 0 Å². The second-order valence-corrected chi connectivity index (χ2v) is 8.89. The number of benzene rings is 1. The smallest absolute Gasteiger partial charge is 0.228 e. The molecule has 2 aliphatic heterocycles. The quantitative estimate of drug-likeness (QED) is 0.764. The lowest BCUT2D eigenvalue weighted by molar-refractivity contribution is -0.135. The topological polar surface area (TPSA) is 43.9 Å². The van der Waals surface area contributed by atoms with Crippen LogP contribution in [-0.4, -0.2) is 54.3 Å². The fourth-order valence-electron chi connectivity index (χ4n) is 4.00. The molecule has 4 rings (SSSR count). The van der Waals surface area contributed by atoms with Crippen LogP contribution in [0.25, 0.3) is 0 Å². The van der Waals surface area contributed by atoms with Crippen molar-refractivity contribution < 1.29 is 9.59 Å². The van der Waals surface area contributed by atoms with Gasteiger partial charge in [-0.15, -0.1) is 11.3 Å². The molecule has 2 amide bonds. The molecule has 0 bridgehead atoms. The van der Waals surface area contributed by atoms with Gasteiger partial charge in [-0.3, -0.25) is 14.5 Å². The van der Waals surface area contributed by atoms with Crippen LogP contribution in [0.15, 0.2) is 41.8 Å². The maximum absolute atomic E-state index is 13.1. The minimum absolute atomic E-state index is 0.00485. The summed E-state index contributed by atoms with van der Waals surface area (Å²) in [6, 6.07) is 11.5. The Kier molecular flexibility index (Phi) is 5.99. The summed E-state index contributed by atoms with van der Waals surface area (Å²) in [5, 5.41) is 2.70. The highest BCUT2D eigenvalue weighted by Gasteiger charge is 2.37. The van der Waals surface area contributed by atoms with Crippen LogP contribution in [-0.2, 0) is 16.1 Å². The predicted octanol–water partition coefficient (Wildman–Crippen LogP) is 3.49. The summed E-state index contributed by atoms with van der Waals surface area (Å²) in [5.74, 6) is -0.166. The molecule has 0 N–H and O–H groups in total. The first-order valence-electron chi connectivity index (χ1n) is 9.69. The van der Waals surface area contributed by atoms with Gasteiger partial charge in [0.25, 0.3) is 0 Å². The van der Waals surface area contributed by atoms with Crippen molar-refractivity contribution in [3.05, 3.63) is 51.7 Å². The Bertz CT molecular complexity index is 842. The van der Waals surface area contributed by atoms with Crippen molar-refractivity contribution in [2.45, 2.75) is 19.4 Å². The number of anilines is 1. The third kappa shape index (κ3) is 4.40. The van der Waals surface area contributed by atoms with Crippen LogP contribution >= 0.6 is 22.9 Å². The van der Waals surface area contributed by atoms with E-state index >= 15 is 0 Å². The lowest BCUT2D eigenvalue weighted by atomic mass is 10.1. The molecule has 1 unspecified atom stereocenters. The molecule has 148 valence electrons. The number of rotatable bonds is 4. The first kappa shape index (κ1) is 19.4. The summed E-state index contributed by atoms with van der Waals surface area (Å²) in [4.78, 5) is 33.0. The molecule has 0 saturated carbocycles. The zero-order chi connectivity index (χ0) is 19.5. The molecule has 3 heterocycles. The summed E-state index contributed by atoms with van der Waals surface area (Å²) in [6.07, 6.45) is 1.25. The van der Waals surface area contributed by atoms with Crippen LogP contribution < -0.4 is 4.90 Å². The second kappa shape index (κ2) is 8.64. The van der Waals surface area contributed by atoms with Crippen LogP contribution in [0.3, 0.4) is 0 Å². The van der Waals surface area contributed by atoms with E-state index in [2.05, 4.69) is 22.4 Å². The number of hydrogen-bond donors (Lipinski definition) is 0. The molecule has 2 aromatic rings. The summed E-state index contributed by atoms with van der Waals surface area (Å²) in [7, 11) is 0. The van der Waals surface area contributed by atoms with Gasteiger partial charge in [-0.2, -0.15) is 0 Å². The van der Waals surface area contributed by atoms with Crippen molar-refractivity contribution in [1.29, 1.82) is 0 Å². The molecule has 0 spiro atoms. The van der Waals surface area contributed by atoms with Crippen LogP contribution in [0, 0.1) is 5.92 Å². The second-order valence-electron chi connectivity index (χ2n) is 7.42. The van der Waals surface area contributed by atoms with Gasteiger partial charge >= 0.3 is 0 Å². The zero-order valence-electron chi connectivity index (χ0n) is 15.7. The van der Waals surface area contributed by atoms with Crippen molar-refractivity contribution in [2.24, 2.45) is 5.92 Å². The third-order valence-corrected chi connectivity index (χ3v) is 6.55. The SMILES string of the molecule is O=C(C1CC(=O)N(c2cccc(Cl)c2)C1)N1CCCN(Cc2cccs2)CC1. The highest BCUT2D eigenvalue weighted by atomic mass is 35.5. The summed E-state index contributed by atoms with van der Waals surface area (Å²) in [5.41, 5.74) is 0.769. The summed E-state index contributed by atoms with van der Waals surface area (Å²) in [6.45, 7) is 4.76. The van der Waals surface area contributed by atoms with Gasteiger partial charge in [0.1, 0.15) is 0 Å². The van der Waals surface area contributed by atoms with Crippen LogP contribution in [0.4, 0.5) is 5.69 Å². The highest BCUT2D eigenvalue weighted by molar-refractivity contribution is 7.09. The van der Waals surface area contributed by atoms with E-state index in [0.29, 0.717) is 11.6 Å². The minimum atomic E-state index is -0.268. The average molecular weight is 418 g/mol. The lowest BCUT2D eigenvalue weighted by Crippen LogP contribution is -2.39. The zero-order valence-corrected chi connectivity index (χ0v) is 17.3. The van der Waals surface area contributed by atoms with Crippen LogP contribution in [0.1, 0.15) is 17.7 Å². The molecular weight excluding hydrogens is 394 g/mol. The van der Waals surface area contributed by atoms with Gasteiger partial charge in [0.05, 0.1) is 5.92 Å². The molecule has 5 nitrogen and oxygen atoms in total. The number of thiophene rings is 1. The van der Waals surface area contributed by atoms with E-state index in [1.807, 2.05) is 17.0 Å². The van der Waals surface area contributed by atoms with Gasteiger partial charge in [-0.1, -0.05) is 23.7 Å². The number of halogens is 1. The summed E-state index contributed by atoms with van der Waals surface area (Å²) >= 11 is 7.83. The van der Waals surface area contributed by atoms with Gasteiger partial charge < -0.3 is 9.80 Å². The van der Waals surface area contributed by atoms with Crippen LogP contribution in [0.5, 0.6) is 0 Å². The van der Waals surface area contributed by atoms with Crippen LogP contribution in [0.2, 0.25) is 5.02 Å². The number of carbonyl (C=O) groups is 2. The van der Waals surface area contributed by atoms with E-state index in [-0.39, 0.29) is 24.2 Å². The Morgan fingerprint density at radius 2 is 2.04 bits per heavy atom. The highest BCUT2D eigenvalue weighted by Crippen LogP contribution is 2.28. The fraction of sp³-hybridized carbons (Fsp3) is 0.429. The van der Waals surface area contributed by atoms with Gasteiger partial charge in [0.15, 0.2) is 0 Å². The molecule has 2 fully saturated rings. The molecule has 1 aromatic carbocycles. The molecule has 1 atom stereocenters. The van der Waals surface area contributed by atoms with E-state index in [1.54, 1.807) is 28.4 Å². The van der Waals surface area contributed by atoms with E-state index in [0.717, 1.165) is 44.8 Å². The van der Waals surface area contributed by atoms with E-state index in [1.165, 1.54) is 4.88 Å². The third-order valence-electron chi connectivity index (χ3n) is 5.45. The number of nitrogens with zero attached hydrogens (tertiary/aromatic N) is 3. The van der Waals surface area contributed by atoms with Gasteiger partial charge in [0.2, 0.25) is 11.8 Å². The Morgan fingerprint density at radius 1 is 1.14 bits per heavy atom. The Hall–Kier alpha value is -1.89. The summed E-state index contributed by atoms with van der Waals surface area (Å²) < 4.78 is 0.